The van der Waals surface area contributed by atoms with Crippen molar-refractivity contribution in [2.24, 2.45) is 5.41 Å². The summed E-state index contributed by atoms with van der Waals surface area (Å²) in [6.07, 6.45) is 1.59. The van der Waals surface area contributed by atoms with Crippen LogP contribution in [0.2, 0.25) is 0 Å². The van der Waals surface area contributed by atoms with Gasteiger partial charge in [0.15, 0.2) is 0 Å². The third kappa shape index (κ3) is 2.71. The Morgan fingerprint density at radius 3 is 2.64 bits per heavy atom. The molecule has 1 fully saturated rings. The van der Waals surface area contributed by atoms with Crippen LogP contribution < -0.4 is 0 Å². The fraction of sp³-hybridized carbons (Fsp3) is 0.909. The molecule has 3 heteroatoms. The van der Waals surface area contributed by atoms with Crippen molar-refractivity contribution in [3.8, 4) is 0 Å². The summed E-state index contributed by atoms with van der Waals surface area (Å²) < 4.78 is 10.6. The molecule has 0 spiro atoms. The van der Waals surface area contributed by atoms with Crippen LogP contribution in [0.25, 0.3) is 0 Å². The minimum Gasteiger partial charge on any atom is -0.466 e. The van der Waals surface area contributed by atoms with E-state index in [4.69, 9.17) is 9.47 Å². The van der Waals surface area contributed by atoms with Gasteiger partial charge in [0.05, 0.1) is 25.2 Å². The van der Waals surface area contributed by atoms with Crippen LogP contribution in [0.3, 0.4) is 0 Å². The average Bonchev–Trinajstić information content (AvgIpc) is 2.25. The molecule has 0 N–H and O–H groups in total. The fourth-order valence-corrected chi connectivity index (χ4v) is 1.80. The molecule has 82 valence electrons. The van der Waals surface area contributed by atoms with Gasteiger partial charge in [-0.2, -0.15) is 0 Å². The second-order valence-electron chi connectivity index (χ2n) is 4.60. The lowest BCUT2D eigenvalue weighted by molar-refractivity contribution is -0.146. The number of hydrogen-bond donors (Lipinski definition) is 0. The van der Waals surface area contributed by atoms with E-state index in [1.807, 2.05) is 6.92 Å². The predicted octanol–water partition coefficient (Wildman–Crippen LogP) is 2.14. The van der Waals surface area contributed by atoms with Crippen molar-refractivity contribution in [3.63, 3.8) is 0 Å². The van der Waals surface area contributed by atoms with Gasteiger partial charge in [0, 0.05) is 0 Å². The minimum absolute atomic E-state index is 0.0408. The summed E-state index contributed by atoms with van der Waals surface area (Å²) in [4.78, 5) is 11.2. The Hall–Kier alpha value is -0.570. The van der Waals surface area contributed by atoms with Gasteiger partial charge < -0.3 is 9.47 Å². The first kappa shape index (κ1) is 11.5. The molecule has 0 aromatic heterocycles. The Balaban J connectivity index is 2.39. The van der Waals surface area contributed by atoms with E-state index in [0.29, 0.717) is 13.0 Å². The molecular formula is C11H20O3. The number of rotatable bonds is 3. The van der Waals surface area contributed by atoms with E-state index in [9.17, 15) is 4.79 Å². The van der Waals surface area contributed by atoms with E-state index in [1.54, 1.807) is 0 Å². The summed E-state index contributed by atoms with van der Waals surface area (Å²) in [7, 11) is 0. The Kier molecular flexibility index (Phi) is 3.53. The van der Waals surface area contributed by atoms with Crippen molar-refractivity contribution < 1.29 is 14.3 Å². The third-order valence-electron chi connectivity index (χ3n) is 2.95. The zero-order valence-corrected chi connectivity index (χ0v) is 9.50. The Morgan fingerprint density at radius 1 is 1.57 bits per heavy atom. The molecule has 0 aliphatic carbocycles. The number of esters is 1. The molecule has 0 saturated carbocycles. The van der Waals surface area contributed by atoms with Gasteiger partial charge in [-0.1, -0.05) is 13.8 Å². The Morgan fingerprint density at radius 2 is 2.21 bits per heavy atom. The van der Waals surface area contributed by atoms with Gasteiger partial charge in [-0.05, 0) is 25.7 Å². The van der Waals surface area contributed by atoms with Crippen LogP contribution in [0.1, 0.15) is 40.5 Å². The molecular weight excluding hydrogens is 180 g/mol. The predicted molar refractivity (Wildman–Crippen MR) is 54.0 cm³/mol. The molecule has 1 heterocycles. The van der Waals surface area contributed by atoms with E-state index in [2.05, 4.69) is 20.8 Å². The van der Waals surface area contributed by atoms with E-state index in [1.165, 1.54) is 0 Å². The van der Waals surface area contributed by atoms with E-state index >= 15 is 0 Å². The minimum atomic E-state index is -0.151. The molecule has 0 unspecified atom stereocenters. The molecule has 1 saturated heterocycles. The van der Waals surface area contributed by atoms with Gasteiger partial charge in [-0.3, -0.25) is 4.79 Å². The molecule has 0 bridgehead atoms. The highest BCUT2D eigenvalue weighted by Gasteiger charge is 2.39. The topological polar surface area (TPSA) is 35.5 Å². The fourth-order valence-electron chi connectivity index (χ4n) is 1.80. The number of carbonyl (C=O) groups excluding carboxylic acids is 1. The SMILES string of the molecule is CCOC(=O)C[C@@H]1CC(C)(C)[C@@H](C)O1. The Bertz CT molecular complexity index is 211. The summed E-state index contributed by atoms with van der Waals surface area (Å²) in [5.74, 6) is -0.151. The lowest BCUT2D eigenvalue weighted by Gasteiger charge is -2.20. The maximum absolute atomic E-state index is 11.2. The van der Waals surface area contributed by atoms with E-state index in [0.717, 1.165) is 6.42 Å². The van der Waals surface area contributed by atoms with Crippen LogP contribution in [0.4, 0.5) is 0 Å². The van der Waals surface area contributed by atoms with Crippen LogP contribution in [0.15, 0.2) is 0 Å². The van der Waals surface area contributed by atoms with Crippen LogP contribution in [-0.2, 0) is 14.3 Å². The maximum Gasteiger partial charge on any atom is 0.308 e. The largest absolute Gasteiger partial charge is 0.466 e. The third-order valence-corrected chi connectivity index (χ3v) is 2.95. The van der Waals surface area contributed by atoms with Gasteiger partial charge in [-0.25, -0.2) is 0 Å². The van der Waals surface area contributed by atoms with Gasteiger partial charge in [0.1, 0.15) is 0 Å². The van der Waals surface area contributed by atoms with Crippen molar-refractivity contribution in [2.45, 2.75) is 52.7 Å². The van der Waals surface area contributed by atoms with Crippen molar-refractivity contribution in [1.82, 2.24) is 0 Å². The standard InChI is InChI=1S/C11H20O3/c1-5-13-10(12)6-9-7-11(3,4)8(2)14-9/h8-9H,5-7H2,1-4H3/t8-,9-/m1/s1. The quantitative estimate of drug-likeness (QED) is 0.655. The Labute approximate surface area is 85.8 Å². The summed E-state index contributed by atoms with van der Waals surface area (Å²) in [5, 5.41) is 0. The first-order valence-electron chi connectivity index (χ1n) is 5.27. The summed E-state index contributed by atoms with van der Waals surface area (Å²) in [6, 6.07) is 0. The number of carbonyl (C=O) groups is 1. The molecule has 14 heavy (non-hydrogen) atoms. The molecule has 0 amide bonds. The highest BCUT2D eigenvalue weighted by molar-refractivity contribution is 5.70. The molecule has 3 nitrogen and oxygen atoms in total. The maximum atomic E-state index is 11.2. The average molecular weight is 200 g/mol. The van der Waals surface area contributed by atoms with E-state index in [-0.39, 0.29) is 23.6 Å². The molecule has 1 rings (SSSR count). The van der Waals surface area contributed by atoms with Crippen molar-refractivity contribution in [3.05, 3.63) is 0 Å². The molecule has 1 aliphatic heterocycles. The smallest absolute Gasteiger partial charge is 0.308 e. The highest BCUT2D eigenvalue weighted by atomic mass is 16.5. The summed E-state index contributed by atoms with van der Waals surface area (Å²) in [5.41, 5.74) is 0.178. The highest BCUT2D eigenvalue weighted by Crippen LogP contribution is 2.38. The van der Waals surface area contributed by atoms with Crippen LogP contribution in [0, 0.1) is 5.41 Å². The lowest BCUT2D eigenvalue weighted by atomic mass is 9.84. The summed E-state index contributed by atoms with van der Waals surface area (Å²) >= 11 is 0. The monoisotopic (exact) mass is 200 g/mol. The van der Waals surface area contributed by atoms with Gasteiger partial charge in [0.2, 0.25) is 0 Å². The van der Waals surface area contributed by atoms with Crippen molar-refractivity contribution in [1.29, 1.82) is 0 Å². The second kappa shape index (κ2) is 4.30. The van der Waals surface area contributed by atoms with Crippen LogP contribution >= 0.6 is 0 Å². The van der Waals surface area contributed by atoms with Crippen molar-refractivity contribution >= 4 is 5.97 Å². The zero-order chi connectivity index (χ0) is 10.8. The van der Waals surface area contributed by atoms with Crippen LogP contribution in [-0.4, -0.2) is 24.8 Å². The first-order chi connectivity index (χ1) is 6.45. The number of ether oxygens (including phenoxy) is 2. The normalized spacial score (nSPS) is 30.3. The lowest BCUT2D eigenvalue weighted by Crippen LogP contribution is -2.19. The van der Waals surface area contributed by atoms with Gasteiger partial charge in [0.25, 0.3) is 0 Å². The molecule has 0 radical (unpaired) electrons. The second-order valence-corrected chi connectivity index (χ2v) is 4.60. The molecule has 1 aliphatic rings. The van der Waals surface area contributed by atoms with Gasteiger partial charge >= 0.3 is 5.97 Å². The summed E-state index contributed by atoms with van der Waals surface area (Å²) in [6.45, 7) is 8.67. The van der Waals surface area contributed by atoms with Crippen molar-refractivity contribution in [2.75, 3.05) is 6.61 Å². The number of hydrogen-bond acceptors (Lipinski definition) is 3. The van der Waals surface area contributed by atoms with Crippen LogP contribution in [0.5, 0.6) is 0 Å². The molecule has 2 atom stereocenters. The van der Waals surface area contributed by atoms with E-state index < -0.39 is 0 Å². The molecule has 0 aromatic rings. The zero-order valence-electron chi connectivity index (χ0n) is 9.50. The molecule has 0 aromatic carbocycles. The van der Waals surface area contributed by atoms with Gasteiger partial charge in [-0.15, -0.1) is 0 Å². The first-order valence-corrected chi connectivity index (χ1v) is 5.27.